The lowest BCUT2D eigenvalue weighted by Gasteiger charge is -2.28. The second kappa shape index (κ2) is 6.44. The molecule has 1 atom stereocenters. The molecule has 0 radical (unpaired) electrons. The fourth-order valence-electron chi connectivity index (χ4n) is 1.42. The molecule has 0 aliphatic carbocycles. The molecule has 3 heteroatoms. The predicted octanol–water partition coefficient (Wildman–Crippen LogP) is 1.63. The first kappa shape index (κ1) is 13.0. The first-order chi connectivity index (χ1) is 6.63. The molecule has 2 N–H and O–H groups in total. The van der Waals surface area contributed by atoms with Crippen molar-refractivity contribution in [3.8, 4) is 12.3 Å². The lowest BCUT2D eigenvalue weighted by molar-refractivity contribution is -0.145. The summed E-state index contributed by atoms with van der Waals surface area (Å²) in [7, 11) is 0. The Morgan fingerprint density at radius 2 is 2.21 bits per heavy atom. The van der Waals surface area contributed by atoms with Gasteiger partial charge in [-0.15, -0.1) is 6.42 Å². The number of hydrogen-bond donors (Lipinski definition) is 2. The van der Waals surface area contributed by atoms with E-state index in [1.165, 1.54) is 0 Å². The van der Waals surface area contributed by atoms with Crippen LogP contribution in [0.25, 0.3) is 0 Å². The zero-order chi connectivity index (χ0) is 11.0. The molecule has 0 spiro atoms. The molecule has 0 aromatic rings. The van der Waals surface area contributed by atoms with E-state index in [2.05, 4.69) is 11.2 Å². The Balaban J connectivity index is 4.44. The summed E-state index contributed by atoms with van der Waals surface area (Å²) in [6.45, 7) is 4.22. The van der Waals surface area contributed by atoms with Crippen molar-refractivity contribution in [2.24, 2.45) is 0 Å². The van der Waals surface area contributed by atoms with Crippen LogP contribution in [0.3, 0.4) is 0 Å². The number of carboxylic acid groups (broad SMARTS) is 1. The van der Waals surface area contributed by atoms with Gasteiger partial charge in [0.2, 0.25) is 0 Å². The second-order valence-corrected chi connectivity index (χ2v) is 3.40. The van der Waals surface area contributed by atoms with Crippen LogP contribution < -0.4 is 5.32 Å². The summed E-state index contributed by atoms with van der Waals surface area (Å²) in [5, 5.41) is 12.1. The van der Waals surface area contributed by atoms with Gasteiger partial charge in [0.05, 0.1) is 6.54 Å². The van der Waals surface area contributed by atoms with Gasteiger partial charge >= 0.3 is 5.97 Å². The summed E-state index contributed by atoms with van der Waals surface area (Å²) in [6, 6.07) is 0. The van der Waals surface area contributed by atoms with E-state index >= 15 is 0 Å². The van der Waals surface area contributed by atoms with Gasteiger partial charge in [0, 0.05) is 0 Å². The molecule has 0 saturated carbocycles. The molecule has 1 unspecified atom stereocenters. The van der Waals surface area contributed by atoms with Crippen LogP contribution in [0.4, 0.5) is 0 Å². The molecule has 0 heterocycles. The lowest BCUT2D eigenvalue weighted by Crippen LogP contribution is -2.51. The summed E-state index contributed by atoms with van der Waals surface area (Å²) < 4.78 is 0. The Labute approximate surface area is 85.9 Å². The van der Waals surface area contributed by atoms with Gasteiger partial charge in [-0.2, -0.15) is 0 Å². The van der Waals surface area contributed by atoms with Crippen LogP contribution in [0.15, 0.2) is 0 Å². The van der Waals surface area contributed by atoms with Gasteiger partial charge in [0.25, 0.3) is 0 Å². The van der Waals surface area contributed by atoms with Crippen molar-refractivity contribution in [2.45, 2.75) is 45.1 Å². The van der Waals surface area contributed by atoms with E-state index in [0.29, 0.717) is 19.4 Å². The van der Waals surface area contributed by atoms with Crippen molar-refractivity contribution in [2.75, 3.05) is 6.54 Å². The molecule has 0 aliphatic heterocycles. The maximum Gasteiger partial charge on any atom is 0.323 e. The highest BCUT2D eigenvalue weighted by atomic mass is 16.4. The van der Waals surface area contributed by atoms with Crippen molar-refractivity contribution in [1.29, 1.82) is 0 Å². The largest absolute Gasteiger partial charge is 0.480 e. The topological polar surface area (TPSA) is 49.3 Å². The number of terminal acetylenes is 1. The molecule has 14 heavy (non-hydrogen) atoms. The molecule has 3 nitrogen and oxygen atoms in total. The molecule has 0 fully saturated rings. The van der Waals surface area contributed by atoms with Crippen LogP contribution >= 0.6 is 0 Å². The van der Waals surface area contributed by atoms with Gasteiger partial charge in [-0.1, -0.05) is 32.6 Å². The number of nitrogens with one attached hydrogen (secondary N) is 1. The first-order valence-corrected chi connectivity index (χ1v) is 5.04. The lowest BCUT2D eigenvalue weighted by atomic mass is 9.90. The average Bonchev–Trinajstić information content (AvgIpc) is 2.18. The van der Waals surface area contributed by atoms with E-state index < -0.39 is 11.5 Å². The highest BCUT2D eigenvalue weighted by molar-refractivity contribution is 5.78. The van der Waals surface area contributed by atoms with E-state index in [0.717, 1.165) is 12.8 Å². The molecular formula is C11H19NO2. The Morgan fingerprint density at radius 1 is 1.57 bits per heavy atom. The smallest absolute Gasteiger partial charge is 0.323 e. The van der Waals surface area contributed by atoms with Crippen LogP contribution in [-0.2, 0) is 4.79 Å². The maximum atomic E-state index is 11.1. The van der Waals surface area contributed by atoms with Crippen LogP contribution in [-0.4, -0.2) is 23.2 Å². The second-order valence-electron chi connectivity index (χ2n) is 3.40. The highest BCUT2D eigenvalue weighted by Gasteiger charge is 2.34. The van der Waals surface area contributed by atoms with Crippen LogP contribution in [0.2, 0.25) is 0 Å². The average molecular weight is 197 g/mol. The summed E-state index contributed by atoms with van der Waals surface area (Å²) in [5.41, 5.74) is -0.831. The minimum Gasteiger partial charge on any atom is -0.480 e. The third-order valence-electron chi connectivity index (χ3n) is 2.50. The summed E-state index contributed by atoms with van der Waals surface area (Å²) >= 11 is 0. The fraction of sp³-hybridized carbons (Fsp3) is 0.727. The van der Waals surface area contributed by atoms with Crippen LogP contribution in [0, 0.1) is 12.3 Å². The van der Waals surface area contributed by atoms with E-state index in [9.17, 15) is 4.79 Å². The first-order valence-electron chi connectivity index (χ1n) is 5.04. The van der Waals surface area contributed by atoms with Gasteiger partial charge in [0.1, 0.15) is 5.54 Å². The van der Waals surface area contributed by atoms with Crippen molar-refractivity contribution in [3.63, 3.8) is 0 Å². The fourth-order valence-corrected chi connectivity index (χ4v) is 1.42. The molecule has 0 aromatic carbocycles. The van der Waals surface area contributed by atoms with Crippen molar-refractivity contribution < 1.29 is 9.90 Å². The van der Waals surface area contributed by atoms with Gasteiger partial charge in [-0.05, 0) is 12.8 Å². The number of hydrogen-bond acceptors (Lipinski definition) is 2. The van der Waals surface area contributed by atoms with E-state index in [1.807, 2.05) is 13.8 Å². The van der Waals surface area contributed by atoms with Gasteiger partial charge in [-0.25, -0.2) is 0 Å². The van der Waals surface area contributed by atoms with Crippen molar-refractivity contribution >= 4 is 5.97 Å². The van der Waals surface area contributed by atoms with Crippen molar-refractivity contribution in [1.82, 2.24) is 5.32 Å². The molecule has 0 saturated heterocycles. The summed E-state index contributed by atoms with van der Waals surface area (Å²) in [5.74, 6) is 1.61. The Bertz CT molecular complexity index is 220. The van der Waals surface area contributed by atoms with Crippen molar-refractivity contribution in [3.05, 3.63) is 0 Å². The number of aliphatic carboxylic acids is 1. The number of rotatable bonds is 7. The number of carboxylic acids is 1. The molecule has 0 amide bonds. The van der Waals surface area contributed by atoms with E-state index in [4.69, 9.17) is 11.5 Å². The molecular weight excluding hydrogens is 178 g/mol. The monoisotopic (exact) mass is 197 g/mol. The summed E-state index contributed by atoms with van der Waals surface area (Å²) in [6.07, 6.45) is 8.20. The Hall–Kier alpha value is -1.01. The number of unbranched alkanes of at least 4 members (excludes halogenated alkanes) is 1. The van der Waals surface area contributed by atoms with E-state index in [-0.39, 0.29) is 0 Å². The molecule has 0 aliphatic rings. The van der Waals surface area contributed by atoms with Gasteiger partial charge < -0.3 is 5.11 Å². The third-order valence-corrected chi connectivity index (χ3v) is 2.50. The molecule has 0 aromatic heterocycles. The zero-order valence-electron chi connectivity index (χ0n) is 8.97. The minimum absolute atomic E-state index is 0.309. The van der Waals surface area contributed by atoms with Crippen LogP contribution in [0.1, 0.15) is 39.5 Å². The minimum atomic E-state index is -0.831. The maximum absolute atomic E-state index is 11.1. The third kappa shape index (κ3) is 3.39. The van der Waals surface area contributed by atoms with Crippen LogP contribution in [0.5, 0.6) is 0 Å². The highest BCUT2D eigenvalue weighted by Crippen LogP contribution is 2.18. The van der Waals surface area contributed by atoms with Gasteiger partial charge in [-0.3, -0.25) is 10.1 Å². The normalized spacial score (nSPS) is 14.4. The standard InChI is InChI=1S/C11H19NO2/c1-4-7-8-11(6-3,10(13)14)12-9-5-2/h2,12H,4,6-9H2,1,3H3,(H,13,14). The Morgan fingerprint density at radius 3 is 2.57 bits per heavy atom. The molecule has 0 rings (SSSR count). The predicted molar refractivity (Wildman–Crippen MR) is 57.0 cm³/mol. The Kier molecular flexibility index (Phi) is 5.98. The quantitative estimate of drug-likeness (QED) is 0.610. The SMILES string of the molecule is C#CCNC(CC)(CCCC)C(=O)O. The number of carbonyl (C=O) groups is 1. The zero-order valence-corrected chi connectivity index (χ0v) is 8.97. The van der Waals surface area contributed by atoms with E-state index in [1.54, 1.807) is 0 Å². The van der Waals surface area contributed by atoms with Gasteiger partial charge in [0.15, 0.2) is 0 Å². The summed E-state index contributed by atoms with van der Waals surface area (Å²) in [4.78, 5) is 11.1. The molecule has 0 bridgehead atoms. The molecule has 80 valence electrons.